The second-order valence-corrected chi connectivity index (χ2v) is 13.7. The molecule has 4 N–H and O–H groups in total. The summed E-state index contributed by atoms with van der Waals surface area (Å²) in [4.78, 5) is 11.5. The van der Waals surface area contributed by atoms with Crippen molar-refractivity contribution >= 4 is 5.97 Å². The minimum atomic E-state index is -1.72. The molecule has 3 aliphatic carbocycles. The van der Waals surface area contributed by atoms with Gasteiger partial charge in [-0.25, -0.2) is 4.79 Å². The van der Waals surface area contributed by atoms with Crippen LogP contribution in [0.2, 0.25) is 0 Å². The van der Waals surface area contributed by atoms with Crippen LogP contribution in [-0.4, -0.2) is 63.2 Å². The summed E-state index contributed by atoms with van der Waals surface area (Å²) in [6, 6.07) is 0. The molecule has 0 spiro atoms. The number of rotatable bonds is 9. The monoisotopic (exact) mass is 560 g/mol. The smallest absolute Gasteiger partial charge is 0.335 e. The Labute approximate surface area is 240 Å². The third-order valence-corrected chi connectivity index (χ3v) is 10.5. The fraction of sp³-hybridized carbons (Fsp3) is 0.788. The zero-order valence-corrected chi connectivity index (χ0v) is 24.9. The number of fused-ring (bicyclic) bond motifs is 1. The molecule has 4 aliphatic rings. The average Bonchev–Trinajstić information content (AvgIpc) is 3.26. The van der Waals surface area contributed by atoms with E-state index in [-0.39, 0.29) is 6.10 Å². The van der Waals surface area contributed by atoms with Crippen LogP contribution >= 0.6 is 0 Å². The van der Waals surface area contributed by atoms with Crippen molar-refractivity contribution in [3.8, 4) is 0 Å². The van der Waals surface area contributed by atoms with Crippen LogP contribution in [0.25, 0.3) is 0 Å². The van der Waals surface area contributed by atoms with E-state index in [9.17, 15) is 25.2 Å². The maximum Gasteiger partial charge on any atom is 0.335 e. The highest BCUT2D eigenvalue weighted by atomic mass is 16.7. The van der Waals surface area contributed by atoms with Gasteiger partial charge in [0, 0.05) is 0 Å². The fourth-order valence-corrected chi connectivity index (χ4v) is 8.11. The quantitative estimate of drug-likeness (QED) is 0.293. The Morgan fingerprint density at radius 2 is 1.82 bits per heavy atom. The summed E-state index contributed by atoms with van der Waals surface area (Å²) in [6.45, 7) is 13.9. The van der Waals surface area contributed by atoms with Crippen LogP contribution in [0, 0.1) is 29.1 Å². The zero-order chi connectivity index (χ0) is 29.2. The molecular formula is C33H52O7. The molecule has 1 saturated heterocycles. The van der Waals surface area contributed by atoms with E-state index in [0.29, 0.717) is 24.2 Å². The standard InChI is InChI=1S/C33H52O7/c1-19(2)8-6-9-21(4)25-15-16-26-22(10-7-17-33(25,26)5)12-13-23-18-24(14-11-20(23)3)39-32-29(36)27(34)28(35)30(40-32)31(37)38/h12-13,19,21,24-30,32,34-36H,3,6-11,14-18H2,1-2,4-5H3,(H,37,38)/t21-,24+,25-,26+,27+,28+,29-,30+,32-,33-/m1/s1. The van der Waals surface area contributed by atoms with Gasteiger partial charge in [0.2, 0.25) is 0 Å². The van der Waals surface area contributed by atoms with Gasteiger partial charge in [0.05, 0.1) is 6.10 Å². The first-order valence-electron chi connectivity index (χ1n) is 15.6. The number of hydrogen-bond donors (Lipinski definition) is 4. The Morgan fingerprint density at radius 3 is 2.52 bits per heavy atom. The summed E-state index contributed by atoms with van der Waals surface area (Å²) in [7, 11) is 0. The van der Waals surface area contributed by atoms with E-state index >= 15 is 0 Å². The first-order chi connectivity index (χ1) is 18.9. The van der Waals surface area contributed by atoms with E-state index in [1.807, 2.05) is 0 Å². The number of aliphatic hydroxyl groups is 3. The lowest BCUT2D eigenvalue weighted by atomic mass is 9.60. The first-order valence-corrected chi connectivity index (χ1v) is 15.6. The van der Waals surface area contributed by atoms with Crippen molar-refractivity contribution in [1.29, 1.82) is 0 Å². The third-order valence-electron chi connectivity index (χ3n) is 10.5. The van der Waals surface area contributed by atoms with Crippen molar-refractivity contribution in [2.24, 2.45) is 29.1 Å². The molecule has 1 heterocycles. The van der Waals surface area contributed by atoms with E-state index in [1.54, 1.807) is 5.57 Å². The summed E-state index contributed by atoms with van der Waals surface area (Å²) in [5.74, 6) is 1.55. The van der Waals surface area contributed by atoms with Gasteiger partial charge in [0.1, 0.15) is 18.3 Å². The SMILES string of the molecule is C=C1CC[C@H](O[C@@H]2O[C@H](C(=O)O)[C@@H](O)[C@H](O)[C@H]2O)CC1=CC=C1CCC[C@]2(C)[C@@H]([C@H](C)CCCC(C)C)CC[C@@H]12. The molecule has 40 heavy (non-hydrogen) atoms. The molecule has 0 aromatic carbocycles. The highest BCUT2D eigenvalue weighted by molar-refractivity contribution is 5.73. The molecule has 0 unspecified atom stereocenters. The number of hydrogen-bond acceptors (Lipinski definition) is 6. The van der Waals surface area contributed by atoms with Crippen molar-refractivity contribution < 1.29 is 34.7 Å². The molecule has 226 valence electrons. The van der Waals surface area contributed by atoms with Crippen LogP contribution in [0.15, 0.2) is 35.5 Å². The summed E-state index contributed by atoms with van der Waals surface area (Å²) in [5.41, 5.74) is 4.10. The predicted molar refractivity (Wildman–Crippen MR) is 154 cm³/mol. The van der Waals surface area contributed by atoms with E-state index in [4.69, 9.17) is 9.47 Å². The van der Waals surface area contributed by atoms with Gasteiger partial charge in [-0.2, -0.15) is 0 Å². The van der Waals surface area contributed by atoms with Crippen LogP contribution in [0.1, 0.15) is 98.3 Å². The Kier molecular flexibility index (Phi) is 10.4. The molecule has 7 nitrogen and oxygen atoms in total. The van der Waals surface area contributed by atoms with Gasteiger partial charge in [-0.05, 0) is 86.0 Å². The summed E-state index contributed by atoms with van der Waals surface area (Å²) in [6.07, 6.45) is 8.55. The van der Waals surface area contributed by atoms with Gasteiger partial charge in [-0.15, -0.1) is 0 Å². The molecule has 0 bridgehead atoms. The molecule has 3 saturated carbocycles. The average molecular weight is 561 g/mol. The van der Waals surface area contributed by atoms with Crippen molar-refractivity contribution in [1.82, 2.24) is 0 Å². The Morgan fingerprint density at radius 1 is 1.07 bits per heavy atom. The second kappa shape index (κ2) is 13.2. The minimum absolute atomic E-state index is 0.314. The maximum absolute atomic E-state index is 11.5. The summed E-state index contributed by atoms with van der Waals surface area (Å²) < 4.78 is 11.3. The van der Waals surface area contributed by atoms with Crippen LogP contribution in [0.3, 0.4) is 0 Å². The highest BCUT2D eigenvalue weighted by Gasteiger charge is 2.51. The van der Waals surface area contributed by atoms with Gasteiger partial charge in [0.15, 0.2) is 12.4 Å². The lowest BCUT2D eigenvalue weighted by Gasteiger charge is -2.44. The van der Waals surface area contributed by atoms with E-state index < -0.39 is 36.7 Å². The van der Waals surface area contributed by atoms with Crippen molar-refractivity contribution in [2.75, 3.05) is 0 Å². The van der Waals surface area contributed by atoms with Crippen LogP contribution in [-0.2, 0) is 14.3 Å². The van der Waals surface area contributed by atoms with Crippen LogP contribution in [0.4, 0.5) is 0 Å². The molecular weight excluding hydrogens is 508 g/mol. The topological polar surface area (TPSA) is 116 Å². The number of carboxylic acid groups (broad SMARTS) is 1. The van der Waals surface area contributed by atoms with Gasteiger partial charge >= 0.3 is 5.97 Å². The molecule has 10 atom stereocenters. The third kappa shape index (κ3) is 6.75. The minimum Gasteiger partial charge on any atom is -0.479 e. The van der Waals surface area contributed by atoms with Gasteiger partial charge in [0.25, 0.3) is 0 Å². The molecule has 0 aromatic rings. The molecule has 1 aliphatic heterocycles. The zero-order valence-electron chi connectivity index (χ0n) is 24.9. The van der Waals surface area contributed by atoms with Gasteiger partial charge in [-0.1, -0.05) is 76.8 Å². The second-order valence-electron chi connectivity index (χ2n) is 13.7. The molecule has 0 amide bonds. The summed E-state index contributed by atoms with van der Waals surface area (Å²) in [5, 5.41) is 39.8. The Hall–Kier alpha value is -1.51. The van der Waals surface area contributed by atoms with E-state index in [0.717, 1.165) is 41.7 Å². The number of allylic oxidation sites excluding steroid dienone is 4. The normalized spacial score (nSPS) is 41.5. The number of aliphatic carboxylic acids is 1. The number of aliphatic hydroxyl groups excluding tert-OH is 3. The fourth-order valence-electron chi connectivity index (χ4n) is 8.11. The molecule has 4 fully saturated rings. The van der Waals surface area contributed by atoms with Crippen molar-refractivity contribution in [2.45, 2.75) is 135 Å². The first kappa shape index (κ1) is 31.4. The molecule has 4 rings (SSSR count). The van der Waals surface area contributed by atoms with E-state index in [1.165, 1.54) is 44.9 Å². The van der Waals surface area contributed by atoms with Crippen LogP contribution in [0.5, 0.6) is 0 Å². The highest BCUT2D eigenvalue weighted by Crippen LogP contribution is 2.60. The lowest BCUT2D eigenvalue weighted by molar-refractivity contribution is -0.304. The summed E-state index contributed by atoms with van der Waals surface area (Å²) >= 11 is 0. The Balaban J connectivity index is 1.42. The number of carboxylic acids is 1. The van der Waals surface area contributed by atoms with Crippen LogP contribution < -0.4 is 0 Å². The van der Waals surface area contributed by atoms with Gasteiger partial charge < -0.3 is 29.9 Å². The molecule has 7 heteroatoms. The lowest BCUT2D eigenvalue weighted by Crippen LogP contribution is -2.60. The Bertz CT molecular complexity index is 970. The van der Waals surface area contributed by atoms with E-state index in [2.05, 4.69) is 46.4 Å². The van der Waals surface area contributed by atoms with Gasteiger partial charge in [-0.3, -0.25) is 0 Å². The van der Waals surface area contributed by atoms with Crippen molar-refractivity contribution in [3.63, 3.8) is 0 Å². The number of ether oxygens (including phenoxy) is 2. The molecule has 0 aromatic heterocycles. The predicted octanol–water partition coefficient (Wildman–Crippen LogP) is 5.54. The number of carbonyl (C=O) groups is 1. The maximum atomic E-state index is 11.5. The largest absolute Gasteiger partial charge is 0.479 e. The molecule has 0 radical (unpaired) electrons. The van der Waals surface area contributed by atoms with Crippen molar-refractivity contribution in [3.05, 3.63) is 35.5 Å².